The maximum absolute atomic E-state index is 11.7. The summed E-state index contributed by atoms with van der Waals surface area (Å²) < 4.78 is 1.02. The van der Waals surface area contributed by atoms with E-state index in [4.69, 9.17) is 0 Å². The van der Waals surface area contributed by atoms with Gasteiger partial charge in [0.2, 0.25) is 0 Å². The molecule has 2 amide bonds. The summed E-state index contributed by atoms with van der Waals surface area (Å²) in [5.41, 5.74) is 2.87. The van der Waals surface area contributed by atoms with Crippen LogP contribution in [0, 0.1) is 6.92 Å². The van der Waals surface area contributed by atoms with Crippen LogP contribution in [-0.2, 0) is 0 Å². The van der Waals surface area contributed by atoms with Crippen LogP contribution in [-0.4, -0.2) is 6.03 Å². The lowest BCUT2D eigenvalue weighted by Gasteiger charge is -2.06. The average molecular weight is 331 g/mol. The Morgan fingerprint density at radius 1 is 1.15 bits per heavy atom. The smallest absolute Gasteiger partial charge is 0.314 e. The summed E-state index contributed by atoms with van der Waals surface area (Å²) in [6.07, 6.45) is 3.46. The molecule has 3 nitrogen and oxygen atoms in total. The lowest BCUT2D eigenvalue weighted by molar-refractivity contribution is 0.255. The minimum absolute atomic E-state index is 0.265. The molecule has 0 radical (unpaired) electrons. The Hall–Kier alpha value is -2.07. The summed E-state index contributed by atoms with van der Waals surface area (Å²) in [5.74, 6) is 0. The molecule has 2 aromatic rings. The van der Waals surface area contributed by atoms with Crippen LogP contribution < -0.4 is 10.6 Å². The number of benzene rings is 2. The molecule has 0 aliphatic rings. The molecule has 2 rings (SSSR count). The van der Waals surface area contributed by atoms with Crippen molar-refractivity contribution in [3.05, 3.63) is 70.3 Å². The third kappa shape index (κ3) is 4.24. The Morgan fingerprint density at radius 3 is 2.60 bits per heavy atom. The van der Waals surface area contributed by atoms with Crippen molar-refractivity contribution in [3.63, 3.8) is 0 Å². The number of aryl methyl sites for hydroxylation is 1. The summed E-state index contributed by atoms with van der Waals surface area (Å²) >= 11 is 3.42. The zero-order valence-electron chi connectivity index (χ0n) is 11.1. The van der Waals surface area contributed by atoms with Gasteiger partial charge in [0, 0.05) is 16.4 Å². The molecular weight excluding hydrogens is 316 g/mol. The molecule has 2 aromatic carbocycles. The minimum Gasteiger partial charge on any atom is -0.314 e. The third-order valence-electron chi connectivity index (χ3n) is 2.71. The van der Waals surface area contributed by atoms with E-state index in [1.165, 1.54) is 0 Å². The molecule has 20 heavy (non-hydrogen) atoms. The SMILES string of the molecule is Cc1cc(NC(=O)N/C=C/c2ccccc2)ccc1Br. The highest BCUT2D eigenvalue weighted by Gasteiger charge is 2.01. The molecule has 0 bridgehead atoms. The van der Waals surface area contributed by atoms with Crippen LogP contribution in [0.4, 0.5) is 10.5 Å². The standard InChI is InChI=1S/C16H15BrN2O/c1-12-11-14(7-8-15(12)17)19-16(20)18-10-9-13-5-3-2-4-6-13/h2-11H,1H3,(H2,18,19,20)/b10-9+. The number of carbonyl (C=O) groups is 1. The van der Waals surface area contributed by atoms with E-state index in [1.807, 2.05) is 61.5 Å². The molecule has 4 heteroatoms. The molecule has 0 spiro atoms. The van der Waals surface area contributed by atoms with Crippen LogP contribution in [0.3, 0.4) is 0 Å². The van der Waals surface area contributed by atoms with Crippen LogP contribution in [0.2, 0.25) is 0 Å². The van der Waals surface area contributed by atoms with E-state index in [0.29, 0.717) is 0 Å². The summed E-state index contributed by atoms with van der Waals surface area (Å²) in [6.45, 7) is 1.97. The maximum Gasteiger partial charge on any atom is 0.323 e. The fourth-order valence-electron chi connectivity index (χ4n) is 1.67. The average Bonchev–Trinajstić information content (AvgIpc) is 2.44. The second kappa shape index (κ2) is 6.91. The fourth-order valence-corrected chi connectivity index (χ4v) is 1.91. The van der Waals surface area contributed by atoms with Crippen LogP contribution in [0.5, 0.6) is 0 Å². The van der Waals surface area contributed by atoms with E-state index in [1.54, 1.807) is 6.20 Å². The van der Waals surface area contributed by atoms with E-state index in [9.17, 15) is 4.79 Å². The number of urea groups is 1. The molecule has 0 saturated heterocycles. The molecule has 0 aliphatic heterocycles. The highest BCUT2D eigenvalue weighted by atomic mass is 79.9. The predicted molar refractivity (Wildman–Crippen MR) is 86.5 cm³/mol. The number of carbonyl (C=O) groups excluding carboxylic acids is 1. The van der Waals surface area contributed by atoms with Crippen LogP contribution in [0.1, 0.15) is 11.1 Å². The van der Waals surface area contributed by atoms with Gasteiger partial charge in [-0.1, -0.05) is 46.3 Å². The molecule has 2 N–H and O–H groups in total. The van der Waals surface area contributed by atoms with Gasteiger partial charge in [-0.25, -0.2) is 4.79 Å². The molecule has 0 saturated carbocycles. The molecule has 102 valence electrons. The maximum atomic E-state index is 11.7. The molecule has 0 aromatic heterocycles. The quantitative estimate of drug-likeness (QED) is 0.851. The first-order chi connectivity index (χ1) is 9.65. The van der Waals surface area contributed by atoms with E-state index in [2.05, 4.69) is 26.6 Å². The molecular formula is C16H15BrN2O. The van der Waals surface area contributed by atoms with Crippen LogP contribution in [0.25, 0.3) is 6.08 Å². The van der Waals surface area contributed by atoms with Gasteiger partial charge in [-0.15, -0.1) is 0 Å². The first-order valence-corrected chi connectivity index (χ1v) is 7.00. The van der Waals surface area contributed by atoms with E-state index in [-0.39, 0.29) is 6.03 Å². The Balaban J connectivity index is 1.89. The second-order valence-corrected chi connectivity index (χ2v) is 5.16. The van der Waals surface area contributed by atoms with E-state index in [0.717, 1.165) is 21.3 Å². The second-order valence-electron chi connectivity index (χ2n) is 4.31. The van der Waals surface area contributed by atoms with Crippen molar-refractivity contribution in [1.29, 1.82) is 0 Å². The number of amides is 2. The normalized spacial score (nSPS) is 10.5. The first-order valence-electron chi connectivity index (χ1n) is 6.20. The Kier molecular flexibility index (Phi) is 4.96. The molecule has 0 fully saturated rings. The van der Waals surface area contributed by atoms with Crippen molar-refractivity contribution in [2.45, 2.75) is 6.92 Å². The number of hydrogen-bond acceptors (Lipinski definition) is 1. The van der Waals surface area contributed by atoms with E-state index < -0.39 is 0 Å². The Morgan fingerprint density at radius 2 is 1.90 bits per heavy atom. The molecule has 0 atom stereocenters. The minimum atomic E-state index is -0.265. The van der Waals surface area contributed by atoms with Gasteiger partial charge >= 0.3 is 6.03 Å². The summed E-state index contributed by atoms with van der Waals surface area (Å²) in [7, 11) is 0. The van der Waals surface area contributed by atoms with Crippen molar-refractivity contribution in [2.75, 3.05) is 5.32 Å². The van der Waals surface area contributed by atoms with Gasteiger partial charge in [0.15, 0.2) is 0 Å². The van der Waals surface area contributed by atoms with Gasteiger partial charge < -0.3 is 10.6 Å². The van der Waals surface area contributed by atoms with Crippen molar-refractivity contribution in [2.24, 2.45) is 0 Å². The van der Waals surface area contributed by atoms with Crippen molar-refractivity contribution in [1.82, 2.24) is 5.32 Å². The van der Waals surface area contributed by atoms with Gasteiger partial charge in [0.1, 0.15) is 0 Å². The van der Waals surface area contributed by atoms with Gasteiger partial charge in [0.25, 0.3) is 0 Å². The number of rotatable bonds is 3. The third-order valence-corrected chi connectivity index (χ3v) is 3.60. The van der Waals surface area contributed by atoms with E-state index >= 15 is 0 Å². The van der Waals surface area contributed by atoms with Gasteiger partial charge in [-0.2, -0.15) is 0 Å². The summed E-state index contributed by atoms with van der Waals surface area (Å²) in [6, 6.07) is 15.2. The first kappa shape index (κ1) is 14.3. The zero-order valence-corrected chi connectivity index (χ0v) is 12.6. The lowest BCUT2D eigenvalue weighted by Crippen LogP contribution is -2.23. The van der Waals surface area contributed by atoms with Crippen LogP contribution >= 0.6 is 15.9 Å². The predicted octanol–water partition coefficient (Wildman–Crippen LogP) is 4.55. The topological polar surface area (TPSA) is 41.1 Å². The van der Waals surface area contributed by atoms with Crippen LogP contribution in [0.15, 0.2) is 59.2 Å². The Labute approximate surface area is 126 Å². The monoisotopic (exact) mass is 330 g/mol. The highest BCUT2D eigenvalue weighted by molar-refractivity contribution is 9.10. The number of nitrogens with one attached hydrogen (secondary N) is 2. The highest BCUT2D eigenvalue weighted by Crippen LogP contribution is 2.19. The van der Waals surface area contributed by atoms with Gasteiger partial charge in [-0.3, -0.25) is 0 Å². The number of anilines is 1. The lowest BCUT2D eigenvalue weighted by atomic mass is 10.2. The molecule has 0 unspecified atom stereocenters. The fraction of sp³-hybridized carbons (Fsp3) is 0.0625. The molecule has 0 heterocycles. The molecule has 0 aliphatic carbocycles. The zero-order chi connectivity index (χ0) is 14.4. The number of hydrogen-bond donors (Lipinski definition) is 2. The van der Waals surface area contributed by atoms with Gasteiger partial charge in [0.05, 0.1) is 0 Å². The Bertz CT molecular complexity index is 624. The van der Waals surface area contributed by atoms with Crippen molar-refractivity contribution in [3.8, 4) is 0 Å². The summed E-state index contributed by atoms with van der Waals surface area (Å²) in [5, 5.41) is 5.45. The number of halogens is 1. The largest absolute Gasteiger partial charge is 0.323 e. The van der Waals surface area contributed by atoms with Gasteiger partial charge in [-0.05, 0) is 42.3 Å². The van der Waals surface area contributed by atoms with Crippen molar-refractivity contribution >= 4 is 33.7 Å². The van der Waals surface area contributed by atoms with Crippen molar-refractivity contribution < 1.29 is 4.79 Å². The summed E-state index contributed by atoms with van der Waals surface area (Å²) in [4.78, 5) is 11.7.